The molecular weight excluding hydrogens is 310 g/mol. The first kappa shape index (κ1) is 18.3. The molecule has 5 rings (SSSR count). The first-order valence-electron chi connectivity index (χ1n) is 11.2. The van der Waals surface area contributed by atoms with E-state index in [4.69, 9.17) is 4.74 Å². The molecular formula is C22H39NO2. The van der Waals surface area contributed by atoms with Gasteiger partial charge in [0.1, 0.15) is 0 Å². The Morgan fingerprint density at radius 3 is 2.16 bits per heavy atom. The molecule has 1 N–H and O–H groups in total. The summed E-state index contributed by atoms with van der Waals surface area (Å²) in [5, 5.41) is 10.5. The molecule has 5 fully saturated rings. The number of rotatable bonds is 8. The summed E-state index contributed by atoms with van der Waals surface area (Å²) in [6.45, 7) is 5.52. The van der Waals surface area contributed by atoms with Gasteiger partial charge in [0, 0.05) is 12.6 Å². The van der Waals surface area contributed by atoms with Gasteiger partial charge in [0.2, 0.25) is 0 Å². The molecule has 5 aliphatic rings. The first-order valence-corrected chi connectivity index (χ1v) is 11.2. The van der Waals surface area contributed by atoms with Crippen molar-refractivity contribution in [1.29, 1.82) is 0 Å². The predicted octanol–water partition coefficient (Wildman–Crippen LogP) is 4.23. The smallest absolute Gasteiger partial charge is 0.0900 e. The van der Waals surface area contributed by atoms with Gasteiger partial charge >= 0.3 is 0 Å². The Morgan fingerprint density at radius 1 is 1.00 bits per heavy atom. The van der Waals surface area contributed by atoms with Gasteiger partial charge in [-0.05, 0) is 81.1 Å². The SMILES string of the molecule is CCN(CC(O)COCC12CC3CC(CC(C3)C1)C2)C1CCCCC1. The molecule has 4 bridgehead atoms. The van der Waals surface area contributed by atoms with E-state index in [1.807, 2.05) is 0 Å². The van der Waals surface area contributed by atoms with Gasteiger partial charge in [0.15, 0.2) is 0 Å². The van der Waals surface area contributed by atoms with E-state index in [1.165, 1.54) is 70.6 Å². The minimum atomic E-state index is -0.323. The summed E-state index contributed by atoms with van der Waals surface area (Å²) in [4.78, 5) is 2.50. The molecule has 1 atom stereocenters. The lowest BCUT2D eigenvalue weighted by Crippen LogP contribution is -2.48. The lowest BCUT2D eigenvalue weighted by molar-refractivity contribution is -0.107. The zero-order chi connectivity index (χ0) is 17.3. The number of hydrogen-bond acceptors (Lipinski definition) is 3. The average molecular weight is 350 g/mol. The van der Waals surface area contributed by atoms with Crippen LogP contribution in [0, 0.1) is 23.2 Å². The molecule has 5 saturated carbocycles. The second-order valence-electron chi connectivity index (χ2n) is 9.97. The molecule has 5 aliphatic carbocycles. The number of nitrogens with zero attached hydrogens (tertiary/aromatic N) is 1. The zero-order valence-corrected chi connectivity index (χ0v) is 16.3. The normalized spacial score (nSPS) is 39.2. The molecule has 0 aliphatic heterocycles. The fourth-order valence-electron chi connectivity index (χ4n) is 7.18. The highest BCUT2D eigenvalue weighted by Crippen LogP contribution is 2.60. The summed E-state index contributed by atoms with van der Waals surface area (Å²) < 4.78 is 6.14. The van der Waals surface area contributed by atoms with E-state index in [0.29, 0.717) is 18.1 Å². The monoisotopic (exact) mass is 349 g/mol. The van der Waals surface area contributed by atoms with Crippen molar-refractivity contribution in [2.75, 3.05) is 26.3 Å². The van der Waals surface area contributed by atoms with Crippen LogP contribution in [0.4, 0.5) is 0 Å². The molecule has 0 heterocycles. The molecule has 0 aromatic heterocycles. The van der Waals surface area contributed by atoms with Crippen molar-refractivity contribution < 1.29 is 9.84 Å². The van der Waals surface area contributed by atoms with E-state index < -0.39 is 0 Å². The topological polar surface area (TPSA) is 32.7 Å². The van der Waals surface area contributed by atoms with Crippen LogP contribution in [0.2, 0.25) is 0 Å². The first-order chi connectivity index (χ1) is 12.2. The highest BCUT2D eigenvalue weighted by Gasteiger charge is 2.50. The fourth-order valence-corrected chi connectivity index (χ4v) is 7.18. The van der Waals surface area contributed by atoms with Crippen molar-refractivity contribution in [3.05, 3.63) is 0 Å². The second-order valence-corrected chi connectivity index (χ2v) is 9.97. The Labute approximate surface area is 154 Å². The Morgan fingerprint density at radius 2 is 1.60 bits per heavy atom. The third kappa shape index (κ3) is 4.25. The van der Waals surface area contributed by atoms with Gasteiger partial charge in [-0.25, -0.2) is 0 Å². The zero-order valence-electron chi connectivity index (χ0n) is 16.3. The Balaban J connectivity index is 1.21. The van der Waals surface area contributed by atoms with Crippen LogP contribution in [0.25, 0.3) is 0 Å². The van der Waals surface area contributed by atoms with E-state index in [2.05, 4.69) is 11.8 Å². The van der Waals surface area contributed by atoms with E-state index in [9.17, 15) is 5.11 Å². The largest absolute Gasteiger partial charge is 0.389 e. The van der Waals surface area contributed by atoms with Crippen LogP contribution < -0.4 is 0 Å². The van der Waals surface area contributed by atoms with Gasteiger partial charge in [-0.2, -0.15) is 0 Å². The van der Waals surface area contributed by atoms with Crippen LogP contribution >= 0.6 is 0 Å². The van der Waals surface area contributed by atoms with Crippen LogP contribution in [-0.2, 0) is 4.74 Å². The Kier molecular flexibility index (Phi) is 5.74. The van der Waals surface area contributed by atoms with Crippen molar-refractivity contribution in [3.8, 4) is 0 Å². The third-order valence-corrected chi connectivity index (χ3v) is 7.83. The number of ether oxygens (including phenoxy) is 1. The molecule has 0 aromatic carbocycles. The number of hydrogen-bond donors (Lipinski definition) is 1. The molecule has 3 heteroatoms. The van der Waals surface area contributed by atoms with Gasteiger partial charge in [0.05, 0.1) is 19.3 Å². The maximum absolute atomic E-state index is 10.5. The van der Waals surface area contributed by atoms with Crippen LogP contribution in [-0.4, -0.2) is 48.5 Å². The molecule has 0 radical (unpaired) electrons. The Bertz CT molecular complexity index is 396. The quantitative estimate of drug-likeness (QED) is 0.711. The molecule has 0 spiro atoms. The van der Waals surface area contributed by atoms with Crippen molar-refractivity contribution >= 4 is 0 Å². The number of likely N-dealkylation sites (N-methyl/N-ethyl adjacent to an activating group) is 1. The van der Waals surface area contributed by atoms with Gasteiger partial charge in [-0.1, -0.05) is 26.2 Å². The van der Waals surface area contributed by atoms with E-state index in [1.54, 1.807) is 0 Å². The standard InChI is InChI=1S/C22H39NO2/c1-2-23(20-6-4-3-5-7-20)14-21(24)15-25-16-22-11-17-8-18(12-22)10-19(9-17)13-22/h17-21,24H,2-16H2,1H3. The molecule has 3 nitrogen and oxygen atoms in total. The Hall–Kier alpha value is -0.120. The number of aliphatic hydroxyl groups excluding tert-OH is 1. The van der Waals surface area contributed by atoms with Crippen molar-refractivity contribution in [2.45, 2.75) is 89.7 Å². The molecule has 144 valence electrons. The van der Waals surface area contributed by atoms with Crippen LogP contribution in [0.15, 0.2) is 0 Å². The third-order valence-electron chi connectivity index (χ3n) is 7.83. The van der Waals surface area contributed by atoms with Gasteiger partial charge in [0.25, 0.3) is 0 Å². The van der Waals surface area contributed by atoms with Crippen LogP contribution in [0.3, 0.4) is 0 Å². The van der Waals surface area contributed by atoms with Gasteiger partial charge in [-0.3, -0.25) is 4.90 Å². The lowest BCUT2D eigenvalue weighted by atomic mass is 9.50. The minimum absolute atomic E-state index is 0.323. The molecule has 0 amide bonds. The van der Waals surface area contributed by atoms with Gasteiger partial charge in [-0.15, -0.1) is 0 Å². The van der Waals surface area contributed by atoms with E-state index >= 15 is 0 Å². The summed E-state index contributed by atoms with van der Waals surface area (Å²) in [5.74, 6) is 2.96. The maximum Gasteiger partial charge on any atom is 0.0900 e. The lowest BCUT2D eigenvalue weighted by Gasteiger charge is -2.56. The van der Waals surface area contributed by atoms with Crippen molar-refractivity contribution in [1.82, 2.24) is 4.90 Å². The van der Waals surface area contributed by atoms with Crippen molar-refractivity contribution in [3.63, 3.8) is 0 Å². The predicted molar refractivity (Wildman–Crippen MR) is 102 cm³/mol. The van der Waals surface area contributed by atoms with E-state index in [0.717, 1.165) is 37.5 Å². The highest BCUT2D eigenvalue weighted by atomic mass is 16.5. The summed E-state index contributed by atoms with van der Waals surface area (Å²) in [6, 6.07) is 0.691. The minimum Gasteiger partial charge on any atom is -0.389 e. The van der Waals surface area contributed by atoms with E-state index in [-0.39, 0.29) is 6.10 Å². The van der Waals surface area contributed by atoms with Crippen LogP contribution in [0.5, 0.6) is 0 Å². The fraction of sp³-hybridized carbons (Fsp3) is 1.00. The van der Waals surface area contributed by atoms with Gasteiger partial charge < -0.3 is 9.84 Å². The summed E-state index contributed by atoms with van der Waals surface area (Å²) in [6.07, 6.45) is 15.1. The molecule has 0 saturated heterocycles. The van der Waals surface area contributed by atoms with Crippen molar-refractivity contribution in [2.24, 2.45) is 23.2 Å². The molecule has 1 unspecified atom stereocenters. The average Bonchev–Trinajstić information content (AvgIpc) is 2.59. The number of aliphatic hydroxyl groups is 1. The maximum atomic E-state index is 10.5. The summed E-state index contributed by atoms with van der Waals surface area (Å²) in [5.41, 5.74) is 0.474. The molecule has 25 heavy (non-hydrogen) atoms. The van der Waals surface area contributed by atoms with Crippen LogP contribution in [0.1, 0.15) is 77.6 Å². The summed E-state index contributed by atoms with van der Waals surface area (Å²) >= 11 is 0. The second kappa shape index (κ2) is 7.86. The highest BCUT2D eigenvalue weighted by molar-refractivity contribution is 5.01. The molecule has 0 aromatic rings. The summed E-state index contributed by atoms with van der Waals surface area (Å²) in [7, 11) is 0.